The summed E-state index contributed by atoms with van der Waals surface area (Å²) >= 11 is 0. The van der Waals surface area contributed by atoms with Gasteiger partial charge in [-0.2, -0.15) is 0 Å². The summed E-state index contributed by atoms with van der Waals surface area (Å²) in [6, 6.07) is 10.1. The van der Waals surface area contributed by atoms with E-state index in [9.17, 15) is 9.59 Å². The van der Waals surface area contributed by atoms with E-state index in [0.717, 1.165) is 50.8 Å². The lowest BCUT2D eigenvalue weighted by Gasteiger charge is -2.46. The SMILES string of the molecule is CC(C)C[C@H]1NC2(CCN(C(=O)C3CCC3)CC2)N(Cc2ccccc2)C1=O. The molecule has 1 aliphatic carbocycles. The number of amides is 2. The van der Waals surface area contributed by atoms with Crippen molar-refractivity contribution in [3.63, 3.8) is 0 Å². The van der Waals surface area contributed by atoms with Crippen LogP contribution in [0.3, 0.4) is 0 Å². The van der Waals surface area contributed by atoms with Gasteiger partial charge in [0.2, 0.25) is 11.8 Å². The number of rotatable bonds is 5. The van der Waals surface area contributed by atoms with Gasteiger partial charge in [0.05, 0.1) is 11.7 Å². The third-order valence-electron chi connectivity index (χ3n) is 6.77. The molecule has 5 heteroatoms. The van der Waals surface area contributed by atoms with E-state index in [0.29, 0.717) is 18.4 Å². The Kier molecular flexibility index (Phi) is 5.46. The fourth-order valence-electron chi connectivity index (χ4n) is 4.91. The highest BCUT2D eigenvalue weighted by Gasteiger charge is 2.51. The molecule has 5 nitrogen and oxygen atoms in total. The van der Waals surface area contributed by atoms with Crippen molar-refractivity contribution in [1.82, 2.24) is 15.1 Å². The molecule has 1 saturated carbocycles. The summed E-state index contributed by atoms with van der Waals surface area (Å²) < 4.78 is 0. The van der Waals surface area contributed by atoms with Crippen molar-refractivity contribution < 1.29 is 9.59 Å². The molecule has 3 fully saturated rings. The van der Waals surface area contributed by atoms with E-state index in [1.54, 1.807) is 0 Å². The average molecular weight is 384 g/mol. The van der Waals surface area contributed by atoms with Gasteiger partial charge in [-0.25, -0.2) is 0 Å². The van der Waals surface area contributed by atoms with Crippen LogP contribution in [0.1, 0.15) is 57.9 Å². The summed E-state index contributed by atoms with van der Waals surface area (Å²) in [4.78, 5) is 30.0. The zero-order valence-corrected chi connectivity index (χ0v) is 17.2. The number of hydrogen-bond acceptors (Lipinski definition) is 3. The number of hydrogen-bond donors (Lipinski definition) is 1. The maximum atomic E-state index is 13.3. The lowest BCUT2D eigenvalue weighted by molar-refractivity contribution is -0.142. The first kappa shape index (κ1) is 19.4. The Morgan fingerprint density at radius 2 is 1.86 bits per heavy atom. The first-order valence-corrected chi connectivity index (χ1v) is 10.9. The molecule has 2 amide bonds. The van der Waals surface area contributed by atoms with Crippen LogP contribution < -0.4 is 5.32 Å². The number of piperidine rings is 1. The average Bonchev–Trinajstić information content (AvgIpc) is 2.86. The van der Waals surface area contributed by atoms with E-state index >= 15 is 0 Å². The van der Waals surface area contributed by atoms with Crippen LogP contribution in [-0.4, -0.2) is 46.4 Å². The molecule has 28 heavy (non-hydrogen) atoms. The molecular formula is C23H33N3O2. The Morgan fingerprint density at radius 3 is 2.43 bits per heavy atom. The summed E-state index contributed by atoms with van der Waals surface area (Å²) in [5, 5.41) is 3.71. The summed E-state index contributed by atoms with van der Waals surface area (Å²) in [6.45, 7) is 6.46. The van der Waals surface area contributed by atoms with Crippen LogP contribution in [0.25, 0.3) is 0 Å². The number of likely N-dealkylation sites (tertiary alicyclic amines) is 1. The smallest absolute Gasteiger partial charge is 0.241 e. The van der Waals surface area contributed by atoms with Gasteiger partial charge in [-0.05, 0) is 30.7 Å². The van der Waals surface area contributed by atoms with Crippen LogP contribution in [0.15, 0.2) is 30.3 Å². The molecule has 152 valence electrons. The Balaban J connectivity index is 1.50. The Labute approximate surface area is 168 Å². The maximum Gasteiger partial charge on any atom is 0.241 e. The number of benzene rings is 1. The molecule has 1 N–H and O–H groups in total. The first-order valence-electron chi connectivity index (χ1n) is 10.9. The molecule has 0 radical (unpaired) electrons. The molecule has 0 unspecified atom stereocenters. The van der Waals surface area contributed by atoms with Crippen molar-refractivity contribution in [1.29, 1.82) is 0 Å². The number of carbonyl (C=O) groups excluding carboxylic acids is 2. The van der Waals surface area contributed by atoms with Gasteiger partial charge < -0.3 is 9.80 Å². The Bertz CT molecular complexity index is 706. The zero-order chi connectivity index (χ0) is 19.7. The molecule has 1 aromatic carbocycles. The third-order valence-corrected chi connectivity index (χ3v) is 6.77. The highest BCUT2D eigenvalue weighted by molar-refractivity contribution is 5.85. The van der Waals surface area contributed by atoms with E-state index < -0.39 is 0 Å². The molecule has 0 aromatic heterocycles. The van der Waals surface area contributed by atoms with Crippen molar-refractivity contribution in [3.05, 3.63) is 35.9 Å². The van der Waals surface area contributed by atoms with Gasteiger partial charge in [0.1, 0.15) is 0 Å². The largest absolute Gasteiger partial charge is 0.342 e. The van der Waals surface area contributed by atoms with Crippen LogP contribution in [0.4, 0.5) is 0 Å². The van der Waals surface area contributed by atoms with Crippen molar-refractivity contribution in [2.75, 3.05) is 13.1 Å². The third kappa shape index (κ3) is 3.69. The van der Waals surface area contributed by atoms with Crippen molar-refractivity contribution in [2.45, 2.75) is 70.6 Å². The lowest BCUT2D eigenvalue weighted by atomic mass is 9.83. The predicted octanol–water partition coefficient (Wildman–Crippen LogP) is 3.15. The topological polar surface area (TPSA) is 52.7 Å². The molecule has 1 atom stereocenters. The molecule has 3 aliphatic rings. The van der Waals surface area contributed by atoms with Gasteiger partial charge in [-0.3, -0.25) is 14.9 Å². The van der Waals surface area contributed by atoms with Gasteiger partial charge in [0, 0.05) is 38.4 Å². The highest BCUT2D eigenvalue weighted by Crippen LogP contribution is 2.37. The predicted molar refractivity (Wildman–Crippen MR) is 109 cm³/mol. The van der Waals surface area contributed by atoms with E-state index in [2.05, 4.69) is 36.2 Å². The fraction of sp³-hybridized carbons (Fsp3) is 0.652. The van der Waals surface area contributed by atoms with Crippen LogP contribution in [-0.2, 0) is 16.1 Å². The van der Waals surface area contributed by atoms with Gasteiger partial charge in [0.25, 0.3) is 0 Å². The van der Waals surface area contributed by atoms with Gasteiger partial charge in [-0.15, -0.1) is 0 Å². The molecule has 0 bridgehead atoms. The second-order valence-electron chi connectivity index (χ2n) is 9.22. The van der Waals surface area contributed by atoms with Crippen molar-refractivity contribution in [3.8, 4) is 0 Å². The minimum absolute atomic E-state index is 0.113. The Morgan fingerprint density at radius 1 is 1.18 bits per heavy atom. The molecular weight excluding hydrogens is 350 g/mol. The first-order chi connectivity index (χ1) is 13.5. The molecule has 2 heterocycles. The minimum atomic E-state index is -0.317. The van der Waals surface area contributed by atoms with Gasteiger partial charge in [-0.1, -0.05) is 50.6 Å². The van der Waals surface area contributed by atoms with Crippen LogP contribution >= 0.6 is 0 Å². The standard InChI is InChI=1S/C23H33N3O2/c1-17(2)15-20-22(28)26(16-18-7-4-3-5-8-18)23(24-20)11-13-25(14-12-23)21(27)19-9-6-10-19/h3-5,7-8,17,19-20,24H,6,9-16H2,1-2H3/t20-/m1/s1. The van der Waals surface area contributed by atoms with Crippen LogP contribution in [0.2, 0.25) is 0 Å². The monoisotopic (exact) mass is 383 g/mol. The second-order valence-corrected chi connectivity index (χ2v) is 9.22. The molecule has 2 aliphatic heterocycles. The number of nitrogens with one attached hydrogen (secondary N) is 1. The zero-order valence-electron chi connectivity index (χ0n) is 17.2. The normalized spacial score (nSPS) is 24.8. The van der Waals surface area contributed by atoms with Crippen LogP contribution in [0.5, 0.6) is 0 Å². The van der Waals surface area contributed by atoms with E-state index in [-0.39, 0.29) is 23.5 Å². The highest BCUT2D eigenvalue weighted by atomic mass is 16.2. The number of carbonyl (C=O) groups is 2. The second kappa shape index (κ2) is 7.86. The van der Waals surface area contributed by atoms with Crippen molar-refractivity contribution >= 4 is 11.8 Å². The van der Waals surface area contributed by atoms with E-state index in [1.165, 1.54) is 6.42 Å². The quantitative estimate of drug-likeness (QED) is 0.850. The van der Waals surface area contributed by atoms with E-state index in [4.69, 9.17) is 0 Å². The molecule has 1 spiro atoms. The fourth-order valence-corrected chi connectivity index (χ4v) is 4.91. The van der Waals surface area contributed by atoms with Gasteiger partial charge in [0.15, 0.2) is 0 Å². The minimum Gasteiger partial charge on any atom is -0.342 e. The molecule has 2 saturated heterocycles. The summed E-state index contributed by atoms with van der Waals surface area (Å²) in [5.41, 5.74) is 0.846. The summed E-state index contributed by atoms with van der Waals surface area (Å²) in [7, 11) is 0. The Hall–Kier alpha value is -1.88. The number of nitrogens with zero attached hydrogens (tertiary/aromatic N) is 2. The summed E-state index contributed by atoms with van der Waals surface area (Å²) in [6.07, 6.45) is 5.78. The van der Waals surface area contributed by atoms with Gasteiger partial charge >= 0.3 is 0 Å². The van der Waals surface area contributed by atoms with Crippen LogP contribution in [0, 0.1) is 11.8 Å². The molecule has 1 aromatic rings. The van der Waals surface area contributed by atoms with E-state index in [1.807, 2.05) is 23.1 Å². The summed E-state index contributed by atoms with van der Waals surface area (Å²) in [5.74, 6) is 1.27. The molecule has 4 rings (SSSR count). The van der Waals surface area contributed by atoms with Crippen molar-refractivity contribution in [2.24, 2.45) is 11.8 Å². The maximum absolute atomic E-state index is 13.3. The lowest BCUT2D eigenvalue weighted by Crippen LogP contribution is -2.60.